The predicted octanol–water partition coefficient (Wildman–Crippen LogP) is 4.76. The Hall–Kier alpha value is -0.840. The molecule has 0 aromatic heterocycles. The molecule has 0 heterocycles. The van der Waals surface area contributed by atoms with Gasteiger partial charge in [0.15, 0.2) is 0 Å². The summed E-state index contributed by atoms with van der Waals surface area (Å²) in [6.45, 7) is 1.94. The molecule has 0 bridgehead atoms. The standard InChI is InChI=1S/C14H13BrFNS/c1-9(17)13-6-5-12(8-14(13)15)18-11-4-2-3-10(16)7-11/h2-9H,17H2,1H3/t9-/m0/s1. The number of benzene rings is 2. The third-order valence-electron chi connectivity index (χ3n) is 2.49. The third kappa shape index (κ3) is 3.34. The van der Waals surface area contributed by atoms with Crippen LogP contribution in [-0.4, -0.2) is 0 Å². The summed E-state index contributed by atoms with van der Waals surface area (Å²) in [7, 11) is 0. The molecule has 94 valence electrons. The molecule has 2 N–H and O–H groups in total. The van der Waals surface area contributed by atoms with Crippen molar-refractivity contribution in [3.8, 4) is 0 Å². The van der Waals surface area contributed by atoms with Gasteiger partial charge in [0.2, 0.25) is 0 Å². The molecule has 2 rings (SSSR count). The summed E-state index contributed by atoms with van der Waals surface area (Å²) in [6, 6.07) is 12.6. The van der Waals surface area contributed by atoms with Crippen LogP contribution in [0.25, 0.3) is 0 Å². The summed E-state index contributed by atoms with van der Waals surface area (Å²) in [5, 5.41) is 0. The first-order chi connectivity index (χ1) is 8.56. The van der Waals surface area contributed by atoms with Gasteiger partial charge >= 0.3 is 0 Å². The molecule has 1 atom stereocenters. The second-order valence-corrected chi connectivity index (χ2v) is 6.03. The summed E-state index contributed by atoms with van der Waals surface area (Å²) >= 11 is 5.03. The first-order valence-electron chi connectivity index (χ1n) is 5.54. The Bertz CT molecular complexity index is 557. The molecule has 0 spiro atoms. The third-order valence-corrected chi connectivity index (χ3v) is 4.16. The molecule has 0 radical (unpaired) electrons. The van der Waals surface area contributed by atoms with Gasteiger partial charge in [-0.3, -0.25) is 0 Å². The van der Waals surface area contributed by atoms with Crippen molar-refractivity contribution in [1.82, 2.24) is 0 Å². The summed E-state index contributed by atoms with van der Waals surface area (Å²) in [4.78, 5) is 1.94. The number of hydrogen-bond acceptors (Lipinski definition) is 2. The normalized spacial score (nSPS) is 12.4. The van der Waals surface area contributed by atoms with Crippen LogP contribution < -0.4 is 5.73 Å². The number of rotatable bonds is 3. The molecule has 0 unspecified atom stereocenters. The maximum atomic E-state index is 13.1. The van der Waals surface area contributed by atoms with Crippen LogP contribution in [0, 0.1) is 5.82 Å². The molecular weight excluding hydrogens is 313 g/mol. The Morgan fingerprint density at radius 3 is 2.50 bits per heavy atom. The molecule has 2 aromatic rings. The Morgan fingerprint density at radius 1 is 1.17 bits per heavy atom. The molecule has 0 fully saturated rings. The molecule has 4 heteroatoms. The van der Waals surface area contributed by atoms with Gasteiger partial charge in [-0.2, -0.15) is 0 Å². The van der Waals surface area contributed by atoms with Crippen molar-refractivity contribution in [2.24, 2.45) is 5.73 Å². The van der Waals surface area contributed by atoms with Crippen LogP contribution in [0.4, 0.5) is 4.39 Å². The van der Waals surface area contributed by atoms with Crippen LogP contribution in [0.15, 0.2) is 56.7 Å². The zero-order chi connectivity index (χ0) is 13.1. The highest BCUT2D eigenvalue weighted by atomic mass is 79.9. The molecule has 0 aliphatic rings. The highest BCUT2D eigenvalue weighted by Crippen LogP contribution is 2.32. The van der Waals surface area contributed by atoms with Gasteiger partial charge in [-0.15, -0.1) is 0 Å². The minimum Gasteiger partial charge on any atom is -0.324 e. The van der Waals surface area contributed by atoms with Crippen LogP contribution in [0.5, 0.6) is 0 Å². The minimum atomic E-state index is -0.216. The van der Waals surface area contributed by atoms with E-state index in [4.69, 9.17) is 5.73 Å². The number of hydrogen-bond donors (Lipinski definition) is 1. The van der Waals surface area contributed by atoms with Crippen molar-refractivity contribution < 1.29 is 4.39 Å². The summed E-state index contributed by atoms with van der Waals surface area (Å²) in [5.41, 5.74) is 6.92. The summed E-state index contributed by atoms with van der Waals surface area (Å²) in [6.07, 6.45) is 0. The number of nitrogens with two attached hydrogens (primary N) is 1. The van der Waals surface area contributed by atoms with Crippen LogP contribution in [0.1, 0.15) is 18.5 Å². The van der Waals surface area contributed by atoms with E-state index in [1.54, 1.807) is 6.07 Å². The predicted molar refractivity (Wildman–Crippen MR) is 77.3 cm³/mol. The number of halogens is 2. The van der Waals surface area contributed by atoms with E-state index in [1.165, 1.54) is 23.9 Å². The Labute approximate surface area is 119 Å². The maximum Gasteiger partial charge on any atom is 0.124 e. The van der Waals surface area contributed by atoms with E-state index in [1.807, 2.05) is 31.2 Å². The Kier molecular flexibility index (Phi) is 4.43. The van der Waals surface area contributed by atoms with Crippen LogP contribution in [-0.2, 0) is 0 Å². The quantitative estimate of drug-likeness (QED) is 0.880. The fourth-order valence-corrected chi connectivity index (χ4v) is 3.40. The zero-order valence-electron chi connectivity index (χ0n) is 9.86. The second kappa shape index (κ2) is 5.87. The van der Waals surface area contributed by atoms with E-state index in [9.17, 15) is 4.39 Å². The molecule has 0 aliphatic heterocycles. The second-order valence-electron chi connectivity index (χ2n) is 4.03. The lowest BCUT2D eigenvalue weighted by Crippen LogP contribution is -2.05. The van der Waals surface area contributed by atoms with Crippen LogP contribution in [0.2, 0.25) is 0 Å². The molecule has 18 heavy (non-hydrogen) atoms. The van der Waals surface area contributed by atoms with E-state index >= 15 is 0 Å². The van der Waals surface area contributed by atoms with Crippen molar-refractivity contribution in [3.63, 3.8) is 0 Å². The fraction of sp³-hybridized carbons (Fsp3) is 0.143. The van der Waals surface area contributed by atoms with Crippen molar-refractivity contribution in [1.29, 1.82) is 0 Å². The topological polar surface area (TPSA) is 26.0 Å². The lowest BCUT2D eigenvalue weighted by Gasteiger charge is -2.10. The van der Waals surface area contributed by atoms with Gasteiger partial charge < -0.3 is 5.73 Å². The highest BCUT2D eigenvalue weighted by Gasteiger charge is 2.06. The van der Waals surface area contributed by atoms with Gasteiger partial charge in [0.05, 0.1) is 0 Å². The summed E-state index contributed by atoms with van der Waals surface area (Å²) < 4.78 is 14.1. The fourth-order valence-electron chi connectivity index (χ4n) is 1.61. The van der Waals surface area contributed by atoms with E-state index in [-0.39, 0.29) is 11.9 Å². The van der Waals surface area contributed by atoms with Crippen LogP contribution >= 0.6 is 27.7 Å². The average Bonchev–Trinajstić information content (AvgIpc) is 2.28. The van der Waals surface area contributed by atoms with Crippen molar-refractivity contribution >= 4 is 27.7 Å². The monoisotopic (exact) mass is 325 g/mol. The van der Waals surface area contributed by atoms with Gasteiger partial charge in [-0.1, -0.05) is 39.8 Å². The van der Waals surface area contributed by atoms with E-state index in [0.29, 0.717) is 0 Å². The lowest BCUT2D eigenvalue weighted by molar-refractivity contribution is 0.624. The van der Waals surface area contributed by atoms with E-state index in [0.717, 1.165) is 19.8 Å². The van der Waals surface area contributed by atoms with E-state index < -0.39 is 0 Å². The van der Waals surface area contributed by atoms with Gasteiger partial charge in [-0.05, 0) is 42.8 Å². The van der Waals surface area contributed by atoms with Crippen molar-refractivity contribution in [2.75, 3.05) is 0 Å². The first kappa shape index (κ1) is 13.6. The van der Waals surface area contributed by atoms with Crippen LogP contribution in [0.3, 0.4) is 0 Å². The van der Waals surface area contributed by atoms with E-state index in [2.05, 4.69) is 15.9 Å². The molecule has 0 saturated heterocycles. The Balaban J connectivity index is 2.23. The maximum absolute atomic E-state index is 13.1. The minimum absolute atomic E-state index is 0.00686. The first-order valence-corrected chi connectivity index (χ1v) is 7.15. The lowest BCUT2D eigenvalue weighted by atomic mass is 10.1. The summed E-state index contributed by atoms with van der Waals surface area (Å²) in [5.74, 6) is -0.216. The Morgan fingerprint density at radius 2 is 1.89 bits per heavy atom. The molecule has 0 aliphatic carbocycles. The van der Waals surface area contributed by atoms with Gasteiger partial charge in [-0.25, -0.2) is 4.39 Å². The zero-order valence-corrected chi connectivity index (χ0v) is 12.3. The molecule has 0 saturated carbocycles. The highest BCUT2D eigenvalue weighted by molar-refractivity contribution is 9.10. The van der Waals surface area contributed by atoms with Gasteiger partial charge in [0.25, 0.3) is 0 Å². The molecule has 0 amide bonds. The van der Waals surface area contributed by atoms with Crippen molar-refractivity contribution in [3.05, 3.63) is 58.3 Å². The molecule has 1 nitrogen and oxygen atoms in total. The van der Waals surface area contributed by atoms with Gasteiger partial charge in [0, 0.05) is 20.3 Å². The van der Waals surface area contributed by atoms with Crippen molar-refractivity contribution in [2.45, 2.75) is 22.8 Å². The molecular formula is C14H13BrFNS. The smallest absolute Gasteiger partial charge is 0.124 e. The molecule has 2 aromatic carbocycles. The largest absolute Gasteiger partial charge is 0.324 e. The van der Waals surface area contributed by atoms with Gasteiger partial charge in [0.1, 0.15) is 5.82 Å². The SMILES string of the molecule is C[C@H](N)c1ccc(Sc2cccc(F)c2)cc1Br. The average molecular weight is 326 g/mol.